The molecule has 1 aliphatic heterocycles. The lowest BCUT2D eigenvalue weighted by molar-refractivity contribution is 0.0737. The second-order valence-corrected chi connectivity index (χ2v) is 4.00. The maximum Gasteiger partial charge on any atom is 0.256 e. The summed E-state index contributed by atoms with van der Waals surface area (Å²) in [5, 5.41) is 0. The topological polar surface area (TPSA) is 55.6 Å². The van der Waals surface area contributed by atoms with Crippen LogP contribution in [0.3, 0.4) is 0 Å². The summed E-state index contributed by atoms with van der Waals surface area (Å²) in [7, 11) is 0. The van der Waals surface area contributed by atoms with Crippen LogP contribution in [0.2, 0.25) is 0 Å². The molecule has 0 radical (unpaired) electrons. The summed E-state index contributed by atoms with van der Waals surface area (Å²) in [5.41, 5.74) is 5.83. The van der Waals surface area contributed by atoms with Gasteiger partial charge in [0.1, 0.15) is 5.82 Å². The molecule has 1 amide bonds. The number of carbonyl (C=O) groups is 1. The summed E-state index contributed by atoms with van der Waals surface area (Å²) >= 11 is 0. The zero-order valence-electron chi connectivity index (χ0n) is 9.49. The number of carbonyl (C=O) groups excluding carboxylic acids is 1. The molecule has 2 rings (SSSR count). The van der Waals surface area contributed by atoms with Gasteiger partial charge in [-0.15, -0.1) is 0 Å². The molecule has 1 fully saturated rings. The summed E-state index contributed by atoms with van der Waals surface area (Å²) in [6, 6.07) is 4.13. The van der Waals surface area contributed by atoms with Crippen molar-refractivity contribution < 1.29 is 13.9 Å². The molecule has 0 bridgehead atoms. The monoisotopic (exact) mass is 238 g/mol. The SMILES string of the molecule is Nc1ccc(C(=O)N2CCCOCC2)c(F)c1. The van der Waals surface area contributed by atoms with Crippen LogP contribution in [0.5, 0.6) is 0 Å². The summed E-state index contributed by atoms with van der Waals surface area (Å²) in [4.78, 5) is 13.7. The van der Waals surface area contributed by atoms with Crippen LogP contribution in [0.25, 0.3) is 0 Å². The third-order valence-electron chi connectivity index (χ3n) is 2.73. The van der Waals surface area contributed by atoms with Crippen LogP contribution in [-0.4, -0.2) is 37.1 Å². The predicted molar refractivity (Wildman–Crippen MR) is 62.2 cm³/mol. The minimum Gasteiger partial charge on any atom is -0.399 e. The van der Waals surface area contributed by atoms with E-state index in [2.05, 4.69) is 0 Å². The molecular weight excluding hydrogens is 223 g/mol. The number of benzene rings is 1. The molecule has 4 nitrogen and oxygen atoms in total. The fourth-order valence-corrected chi connectivity index (χ4v) is 1.82. The van der Waals surface area contributed by atoms with Gasteiger partial charge in [-0.2, -0.15) is 0 Å². The Bertz CT molecular complexity index is 415. The van der Waals surface area contributed by atoms with Crippen LogP contribution in [0, 0.1) is 5.82 Å². The van der Waals surface area contributed by atoms with Crippen molar-refractivity contribution in [1.82, 2.24) is 4.90 Å². The number of amides is 1. The highest BCUT2D eigenvalue weighted by Crippen LogP contribution is 2.15. The Balaban J connectivity index is 2.17. The van der Waals surface area contributed by atoms with Gasteiger partial charge < -0.3 is 15.4 Å². The van der Waals surface area contributed by atoms with E-state index in [1.165, 1.54) is 18.2 Å². The number of hydrogen-bond acceptors (Lipinski definition) is 3. The number of hydrogen-bond donors (Lipinski definition) is 1. The molecule has 92 valence electrons. The number of anilines is 1. The maximum absolute atomic E-state index is 13.6. The molecule has 0 saturated carbocycles. The van der Waals surface area contributed by atoms with Crippen molar-refractivity contribution >= 4 is 11.6 Å². The zero-order valence-corrected chi connectivity index (χ0v) is 9.49. The van der Waals surface area contributed by atoms with Crippen LogP contribution in [-0.2, 0) is 4.74 Å². The maximum atomic E-state index is 13.6. The van der Waals surface area contributed by atoms with Crippen molar-refractivity contribution in [3.05, 3.63) is 29.6 Å². The molecular formula is C12H15FN2O2. The molecule has 0 unspecified atom stereocenters. The molecule has 1 heterocycles. The second-order valence-electron chi connectivity index (χ2n) is 4.00. The van der Waals surface area contributed by atoms with Crippen molar-refractivity contribution in [2.75, 3.05) is 32.0 Å². The van der Waals surface area contributed by atoms with E-state index in [9.17, 15) is 9.18 Å². The van der Waals surface area contributed by atoms with E-state index >= 15 is 0 Å². The van der Waals surface area contributed by atoms with Gasteiger partial charge >= 0.3 is 0 Å². The summed E-state index contributed by atoms with van der Waals surface area (Å²) in [5.74, 6) is -0.867. The predicted octanol–water partition coefficient (Wildman–Crippen LogP) is 1.27. The number of nitrogen functional groups attached to an aromatic ring is 1. The second kappa shape index (κ2) is 5.14. The summed E-state index contributed by atoms with van der Waals surface area (Å²) in [6.45, 7) is 2.25. The molecule has 0 atom stereocenters. The molecule has 5 heteroatoms. The zero-order chi connectivity index (χ0) is 12.3. The Morgan fingerprint density at radius 2 is 2.18 bits per heavy atom. The quantitative estimate of drug-likeness (QED) is 0.750. The molecule has 0 aromatic heterocycles. The largest absolute Gasteiger partial charge is 0.399 e. The van der Waals surface area contributed by atoms with Gasteiger partial charge in [-0.1, -0.05) is 0 Å². The van der Waals surface area contributed by atoms with E-state index in [1.807, 2.05) is 0 Å². The van der Waals surface area contributed by atoms with Crippen molar-refractivity contribution in [3.63, 3.8) is 0 Å². The van der Waals surface area contributed by atoms with E-state index in [1.54, 1.807) is 4.90 Å². The van der Waals surface area contributed by atoms with Crippen molar-refractivity contribution in [3.8, 4) is 0 Å². The van der Waals surface area contributed by atoms with Crippen molar-refractivity contribution in [1.29, 1.82) is 0 Å². The van der Waals surface area contributed by atoms with Crippen LogP contribution in [0.4, 0.5) is 10.1 Å². The van der Waals surface area contributed by atoms with Gasteiger partial charge in [0.05, 0.1) is 12.2 Å². The van der Waals surface area contributed by atoms with Crippen LogP contribution < -0.4 is 5.73 Å². The fraction of sp³-hybridized carbons (Fsp3) is 0.417. The highest BCUT2D eigenvalue weighted by atomic mass is 19.1. The molecule has 1 aromatic rings. The Morgan fingerprint density at radius 1 is 1.35 bits per heavy atom. The van der Waals surface area contributed by atoms with Gasteiger partial charge in [-0.3, -0.25) is 4.79 Å². The van der Waals surface area contributed by atoms with Gasteiger partial charge in [0.15, 0.2) is 0 Å². The Labute approximate surface area is 99.2 Å². The normalized spacial score (nSPS) is 16.6. The molecule has 1 saturated heterocycles. The number of ether oxygens (including phenoxy) is 1. The van der Waals surface area contributed by atoms with Crippen molar-refractivity contribution in [2.24, 2.45) is 0 Å². The summed E-state index contributed by atoms with van der Waals surface area (Å²) in [6.07, 6.45) is 0.780. The van der Waals surface area contributed by atoms with Gasteiger partial charge in [-0.25, -0.2) is 4.39 Å². The first-order chi connectivity index (χ1) is 8.18. The number of halogens is 1. The Hall–Kier alpha value is -1.62. The molecule has 1 aromatic carbocycles. The van der Waals surface area contributed by atoms with Gasteiger partial charge in [0.2, 0.25) is 0 Å². The van der Waals surface area contributed by atoms with E-state index in [0.29, 0.717) is 32.0 Å². The average molecular weight is 238 g/mol. The highest BCUT2D eigenvalue weighted by Gasteiger charge is 2.20. The lowest BCUT2D eigenvalue weighted by Gasteiger charge is -2.19. The highest BCUT2D eigenvalue weighted by molar-refractivity contribution is 5.94. The molecule has 0 spiro atoms. The van der Waals surface area contributed by atoms with Gasteiger partial charge in [0, 0.05) is 25.4 Å². The lowest BCUT2D eigenvalue weighted by atomic mass is 10.1. The Kier molecular flexibility index (Phi) is 3.58. The number of rotatable bonds is 1. The number of nitrogens with two attached hydrogens (primary N) is 1. The van der Waals surface area contributed by atoms with E-state index in [0.717, 1.165) is 6.42 Å². The standard InChI is InChI=1S/C12H15FN2O2/c13-11-8-9(14)2-3-10(11)12(16)15-4-1-6-17-7-5-15/h2-3,8H,1,4-7,14H2. The first-order valence-electron chi connectivity index (χ1n) is 5.60. The average Bonchev–Trinajstić information content (AvgIpc) is 2.56. The van der Waals surface area contributed by atoms with Crippen molar-refractivity contribution in [2.45, 2.75) is 6.42 Å². The molecule has 17 heavy (non-hydrogen) atoms. The summed E-state index contributed by atoms with van der Waals surface area (Å²) < 4.78 is 18.9. The fourth-order valence-electron chi connectivity index (χ4n) is 1.82. The van der Waals surface area contributed by atoms with E-state index < -0.39 is 5.82 Å². The minimum absolute atomic E-state index is 0.0705. The van der Waals surface area contributed by atoms with Crippen LogP contribution >= 0.6 is 0 Å². The van der Waals surface area contributed by atoms with E-state index in [4.69, 9.17) is 10.5 Å². The van der Waals surface area contributed by atoms with Gasteiger partial charge in [-0.05, 0) is 24.6 Å². The third-order valence-corrected chi connectivity index (χ3v) is 2.73. The first-order valence-corrected chi connectivity index (χ1v) is 5.60. The Morgan fingerprint density at radius 3 is 2.94 bits per heavy atom. The number of nitrogens with zero attached hydrogens (tertiary/aromatic N) is 1. The molecule has 2 N–H and O–H groups in total. The van der Waals surface area contributed by atoms with Crippen LogP contribution in [0.15, 0.2) is 18.2 Å². The molecule has 0 aliphatic carbocycles. The lowest BCUT2D eigenvalue weighted by Crippen LogP contribution is -2.33. The molecule has 1 aliphatic rings. The first kappa shape index (κ1) is 11.9. The smallest absolute Gasteiger partial charge is 0.256 e. The van der Waals surface area contributed by atoms with Crippen LogP contribution in [0.1, 0.15) is 16.8 Å². The van der Waals surface area contributed by atoms with E-state index in [-0.39, 0.29) is 11.5 Å². The minimum atomic E-state index is -0.569. The third kappa shape index (κ3) is 2.74. The van der Waals surface area contributed by atoms with Gasteiger partial charge in [0.25, 0.3) is 5.91 Å².